The lowest BCUT2D eigenvalue weighted by atomic mass is 10.2. The van der Waals surface area contributed by atoms with Gasteiger partial charge in [0.15, 0.2) is 11.5 Å². The molecule has 0 saturated heterocycles. The van der Waals surface area contributed by atoms with E-state index in [0.29, 0.717) is 60.4 Å². The van der Waals surface area contributed by atoms with E-state index in [1.54, 1.807) is 30.3 Å². The Labute approximate surface area is 189 Å². The minimum Gasteiger partial charge on any atom is -0.493 e. The van der Waals surface area contributed by atoms with E-state index in [0.717, 1.165) is 4.47 Å². The summed E-state index contributed by atoms with van der Waals surface area (Å²) in [7, 11) is 3.04. The molecule has 2 amide bonds. The molecule has 2 aromatic rings. The highest BCUT2D eigenvalue weighted by atomic mass is 79.9. The first-order valence-electron chi connectivity index (χ1n) is 9.29. The quantitative estimate of drug-likeness (QED) is 0.459. The topological polar surface area (TPSA) is 85.9 Å². The Kier molecular flexibility index (Phi) is 9.76. The lowest BCUT2D eigenvalue weighted by Crippen LogP contribution is -2.34. The van der Waals surface area contributed by atoms with Crippen molar-refractivity contribution in [3.63, 3.8) is 0 Å². The van der Waals surface area contributed by atoms with Gasteiger partial charge in [0.05, 0.1) is 25.8 Å². The van der Waals surface area contributed by atoms with E-state index in [2.05, 4.69) is 26.6 Å². The summed E-state index contributed by atoms with van der Waals surface area (Å²) >= 11 is 9.41. The maximum atomic E-state index is 12.2. The lowest BCUT2D eigenvalue weighted by molar-refractivity contribution is -0.121. The maximum absolute atomic E-state index is 12.2. The molecule has 30 heavy (non-hydrogen) atoms. The van der Waals surface area contributed by atoms with Gasteiger partial charge < -0.3 is 24.8 Å². The van der Waals surface area contributed by atoms with Gasteiger partial charge in [0, 0.05) is 29.5 Å². The summed E-state index contributed by atoms with van der Waals surface area (Å²) in [5.41, 5.74) is 0.447. The van der Waals surface area contributed by atoms with Gasteiger partial charge in [0.25, 0.3) is 5.91 Å². The molecule has 0 aliphatic heterocycles. The molecule has 0 aromatic heterocycles. The van der Waals surface area contributed by atoms with E-state index in [4.69, 9.17) is 25.8 Å². The van der Waals surface area contributed by atoms with Crippen LogP contribution in [0.1, 0.15) is 23.2 Å². The second-order valence-corrected chi connectivity index (χ2v) is 7.53. The van der Waals surface area contributed by atoms with Crippen molar-refractivity contribution in [2.45, 2.75) is 12.8 Å². The molecule has 0 atom stereocenters. The van der Waals surface area contributed by atoms with Crippen LogP contribution in [0.2, 0.25) is 5.02 Å². The molecule has 0 heterocycles. The van der Waals surface area contributed by atoms with Crippen molar-refractivity contribution in [2.75, 3.05) is 33.9 Å². The number of ether oxygens (including phenoxy) is 3. The smallest absolute Gasteiger partial charge is 0.251 e. The number of amides is 2. The highest BCUT2D eigenvalue weighted by molar-refractivity contribution is 9.10. The molecule has 0 unspecified atom stereocenters. The van der Waals surface area contributed by atoms with Gasteiger partial charge in [-0.2, -0.15) is 0 Å². The Hall–Kier alpha value is -2.45. The predicted molar refractivity (Wildman–Crippen MR) is 119 cm³/mol. The number of nitrogens with one attached hydrogen (secondary N) is 2. The normalized spacial score (nSPS) is 10.3. The number of benzene rings is 2. The third-order valence-electron chi connectivity index (χ3n) is 4.08. The van der Waals surface area contributed by atoms with Crippen LogP contribution in [0.4, 0.5) is 0 Å². The van der Waals surface area contributed by atoms with Crippen LogP contribution < -0.4 is 24.8 Å². The van der Waals surface area contributed by atoms with E-state index in [1.807, 2.05) is 6.07 Å². The zero-order valence-electron chi connectivity index (χ0n) is 16.8. The predicted octanol–water partition coefficient (Wildman–Crippen LogP) is 3.82. The van der Waals surface area contributed by atoms with Crippen LogP contribution in [0.25, 0.3) is 0 Å². The third-order valence-corrected chi connectivity index (χ3v) is 4.87. The van der Waals surface area contributed by atoms with Gasteiger partial charge in [-0.05, 0) is 42.8 Å². The number of hydrogen-bond donors (Lipinski definition) is 2. The molecule has 0 saturated carbocycles. The average Bonchev–Trinajstić information content (AvgIpc) is 2.74. The van der Waals surface area contributed by atoms with Crippen LogP contribution in [0, 0.1) is 0 Å². The molecule has 2 aromatic carbocycles. The third kappa shape index (κ3) is 7.42. The second kappa shape index (κ2) is 12.3. The molecule has 9 heteroatoms. The summed E-state index contributed by atoms with van der Waals surface area (Å²) in [6.45, 7) is 1.02. The molecule has 0 aliphatic rings. The number of hydrogen-bond acceptors (Lipinski definition) is 5. The van der Waals surface area contributed by atoms with Gasteiger partial charge in [-0.3, -0.25) is 9.59 Å². The first kappa shape index (κ1) is 23.8. The van der Waals surface area contributed by atoms with Gasteiger partial charge in [-0.25, -0.2) is 0 Å². The monoisotopic (exact) mass is 498 g/mol. The highest BCUT2D eigenvalue weighted by Crippen LogP contribution is 2.28. The Morgan fingerprint density at radius 1 is 0.967 bits per heavy atom. The molecule has 0 radical (unpaired) electrons. The highest BCUT2D eigenvalue weighted by Gasteiger charge is 2.10. The molecule has 162 valence electrons. The molecule has 0 spiro atoms. The Morgan fingerprint density at radius 2 is 1.67 bits per heavy atom. The summed E-state index contributed by atoms with van der Waals surface area (Å²) in [5.74, 6) is 1.24. The lowest BCUT2D eigenvalue weighted by Gasteiger charge is -2.11. The molecule has 2 rings (SSSR count). The average molecular weight is 500 g/mol. The standard InChI is InChI=1S/C21H24BrClN2O5/c1-28-18-7-5-14(12-19(18)29-2)21(27)25-10-9-24-20(26)4-3-11-30-17-8-6-15(22)13-16(17)23/h5-8,12-13H,3-4,9-11H2,1-2H3,(H,24,26)(H,25,27). The van der Waals surface area contributed by atoms with E-state index < -0.39 is 0 Å². The van der Waals surface area contributed by atoms with E-state index in [9.17, 15) is 9.59 Å². The zero-order valence-corrected chi connectivity index (χ0v) is 19.1. The van der Waals surface area contributed by atoms with Crippen molar-refractivity contribution >= 4 is 39.3 Å². The minimum absolute atomic E-state index is 0.110. The molecule has 0 aliphatic carbocycles. The van der Waals surface area contributed by atoms with E-state index in [-0.39, 0.29) is 11.8 Å². The number of carbonyl (C=O) groups excluding carboxylic acids is 2. The van der Waals surface area contributed by atoms with Gasteiger partial charge in [0.1, 0.15) is 5.75 Å². The Bertz CT molecular complexity index is 878. The maximum Gasteiger partial charge on any atom is 0.251 e. The summed E-state index contributed by atoms with van der Waals surface area (Å²) in [4.78, 5) is 24.1. The Morgan fingerprint density at radius 3 is 2.37 bits per heavy atom. The molecule has 0 fully saturated rings. The molecule has 0 bridgehead atoms. The van der Waals surface area contributed by atoms with E-state index in [1.165, 1.54) is 14.2 Å². The van der Waals surface area contributed by atoms with Crippen LogP contribution >= 0.6 is 27.5 Å². The number of halogens is 2. The van der Waals surface area contributed by atoms with Crippen LogP contribution in [-0.4, -0.2) is 45.7 Å². The SMILES string of the molecule is COc1ccc(C(=O)NCCNC(=O)CCCOc2ccc(Br)cc2Cl)cc1OC. The van der Waals surface area contributed by atoms with Gasteiger partial charge >= 0.3 is 0 Å². The minimum atomic E-state index is -0.259. The van der Waals surface area contributed by atoms with Gasteiger partial charge in [-0.1, -0.05) is 27.5 Å². The Balaban J connectivity index is 1.63. The van der Waals surface area contributed by atoms with Crippen molar-refractivity contribution in [3.05, 3.63) is 51.5 Å². The fraction of sp³-hybridized carbons (Fsp3) is 0.333. The van der Waals surface area contributed by atoms with Crippen LogP contribution in [-0.2, 0) is 4.79 Å². The second-order valence-electron chi connectivity index (χ2n) is 6.20. The van der Waals surface area contributed by atoms with Crippen molar-refractivity contribution in [1.82, 2.24) is 10.6 Å². The first-order valence-corrected chi connectivity index (χ1v) is 10.5. The summed E-state index contributed by atoms with van der Waals surface area (Å²) in [6.07, 6.45) is 0.869. The fourth-order valence-corrected chi connectivity index (χ4v) is 3.28. The number of methoxy groups -OCH3 is 2. The number of rotatable bonds is 11. The van der Waals surface area contributed by atoms with Crippen LogP contribution in [0.5, 0.6) is 17.2 Å². The zero-order chi connectivity index (χ0) is 21.9. The summed E-state index contributed by atoms with van der Waals surface area (Å²) < 4.78 is 16.8. The largest absolute Gasteiger partial charge is 0.493 e. The molecular weight excluding hydrogens is 476 g/mol. The van der Waals surface area contributed by atoms with Crippen molar-refractivity contribution in [1.29, 1.82) is 0 Å². The molecular formula is C21H24BrClN2O5. The van der Waals surface area contributed by atoms with Crippen molar-refractivity contribution in [2.24, 2.45) is 0 Å². The number of carbonyl (C=O) groups is 2. The van der Waals surface area contributed by atoms with Crippen molar-refractivity contribution < 1.29 is 23.8 Å². The van der Waals surface area contributed by atoms with Gasteiger partial charge in [0.2, 0.25) is 5.91 Å². The van der Waals surface area contributed by atoms with E-state index >= 15 is 0 Å². The first-order chi connectivity index (χ1) is 14.4. The van der Waals surface area contributed by atoms with Crippen LogP contribution in [0.3, 0.4) is 0 Å². The molecule has 7 nitrogen and oxygen atoms in total. The summed E-state index contributed by atoms with van der Waals surface area (Å²) in [6, 6.07) is 10.3. The fourth-order valence-electron chi connectivity index (χ4n) is 2.55. The van der Waals surface area contributed by atoms with Gasteiger partial charge in [-0.15, -0.1) is 0 Å². The van der Waals surface area contributed by atoms with Crippen molar-refractivity contribution in [3.8, 4) is 17.2 Å². The van der Waals surface area contributed by atoms with Crippen LogP contribution in [0.15, 0.2) is 40.9 Å². The summed E-state index contributed by atoms with van der Waals surface area (Å²) in [5, 5.41) is 6.02. The molecule has 2 N–H and O–H groups in total.